The molecule has 0 bridgehead atoms. The van der Waals surface area contributed by atoms with E-state index in [0.29, 0.717) is 0 Å². The molecular weight excluding hydrogens is 363 g/mol. The van der Waals surface area contributed by atoms with Crippen molar-refractivity contribution in [1.82, 2.24) is 4.31 Å². The second kappa shape index (κ2) is 8.07. The van der Waals surface area contributed by atoms with Gasteiger partial charge in [0.25, 0.3) is 5.91 Å². The van der Waals surface area contributed by atoms with Gasteiger partial charge in [0.1, 0.15) is 5.82 Å². The highest BCUT2D eigenvalue weighted by molar-refractivity contribution is 7.89. The summed E-state index contributed by atoms with van der Waals surface area (Å²) in [5.41, 5.74) is 0.219. The average Bonchev–Trinajstić information content (AvgIpc) is 2.59. The zero-order valence-corrected chi connectivity index (χ0v) is 14.9. The monoisotopic (exact) mass is 380 g/mol. The number of rotatable bonds is 6. The highest BCUT2D eigenvalue weighted by Crippen LogP contribution is 2.15. The quantitative estimate of drug-likeness (QED) is 0.773. The maximum Gasteiger partial charge on any atom is 0.338 e. The average molecular weight is 380 g/mol. The molecule has 26 heavy (non-hydrogen) atoms. The molecule has 9 heteroatoms. The molecule has 0 aliphatic heterocycles. The Labute approximate surface area is 150 Å². The van der Waals surface area contributed by atoms with Crippen molar-refractivity contribution in [2.45, 2.75) is 4.90 Å². The number of esters is 1. The molecule has 2 rings (SSSR count). The molecule has 1 N–H and O–H groups in total. The van der Waals surface area contributed by atoms with Crippen LogP contribution in [0.5, 0.6) is 0 Å². The third-order valence-electron chi connectivity index (χ3n) is 3.29. The van der Waals surface area contributed by atoms with Gasteiger partial charge in [-0.25, -0.2) is 21.9 Å². The van der Waals surface area contributed by atoms with Crippen molar-refractivity contribution < 1.29 is 27.1 Å². The summed E-state index contributed by atoms with van der Waals surface area (Å²) < 4.78 is 43.1. The predicted molar refractivity (Wildman–Crippen MR) is 92.6 cm³/mol. The molecule has 2 aromatic carbocycles. The molecule has 0 atom stereocenters. The van der Waals surface area contributed by atoms with E-state index < -0.39 is 34.3 Å². The number of nitrogens with one attached hydrogen (secondary N) is 1. The van der Waals surface area contributed by atoms with Crippen molar-refractivity contribution in [2.24, 2.45) is 0 Å². The predicted octanol–water partition coefficient (Wildman–Crippen LogP) is 1.87. The number of halogens is 1. The van der Waals surface area contributed by atoms with Crippen molar-refractivity contribution in [3.05, 3.63) is 59.9 Å². The number of nitrogens with zero attached hydrogens (tertiary/aromatic N) is 1. The van der Waals surface area contributed by atoms with E-state index in [1.54, 1.807) is 0 Å². The Morgan fingerprint density at radius 2 is 1.81 bits per heavy atom. The highest BCUT2D eigenvalue weighted by atomic mass is 32.2. The lowest BCUT2D eigenvalue weighted by Crippen LogP contribution is -2.23. The molecule has 2 aromatic rings. The van der Waals surface area contributed by atoms with Crippen LogP contribution in [0.25, 0.3) is 0 Å². The number of anilines is 1. The van der Waals surface area contributed by atoms with Gasteiger partial charge in [-0.3, -0.25) is 4.79 Å². The Kier molecular flexibility index (Phi) is 6.06. The summed E-state index contributed by atoms with van der Waals surface area (Å²) in [6.07, 6.45) is 0. The van der Waals surface area contributed by atoms with E-state index in [0.717, 1.165) is 10.4 Å². The Balaban J connectivity index is 2.01. The minimum absolute atomic E-state index is 0.00789. The smallest absolute Gasteiger partial charge is 0.338 e. The van der Waals surface area contributed by atoms with Crippen molar-refractivity contribution in [2.75, 3.05) is 26.0 Å². The van der Waals surface area contributed by atoms with Crippen LogP contribution >= 0.6 is 0 Å². The summed E-state index contributed by atoms with van der Waals surface area (Å²) in [5, 5.41) is 2.38. The molecule has 7 nitrogen and oxygen atoms in total. The number of ether oxygens (including phenoxy) is 1. The van der Waals surface area contributed by atoms with E-state index in [2.05, 4.69) is 5.32 Å². The second-order valence-corrected chi connectivity index (χ2v) is 7.60. The fraction of sp³-hybridized carbons (Fsp3) is 0.176. The Bertz CT molecular complexity index is 928. The molecule has 0 aliphatic carbocycles. The molecule has 1 amide bonds. The van der Waals surface area contributed by atoms with Gasteiger partial charge in [-0.1, -0.05) is 12.1 Å². The first-order valence-electron chi connectivity index (χ1n) is 7.45. The van der Waals surface area contributed by atoms with Gasteiger partial charge in [0.05, 0.1) is 10.5 Å². The van der Waals surface area contributed by atoms with Crippen LogP contribution in [-0.4, -0.2) is 45.3 Å². The lowest BCUT2D eigenvalue weighted by atomic mass is 10.2. The topological polar surface area (TPSA) is 92.8 Å². The minimum Gasteiger partial charge on any atom is -0.452 e. The van der Waals surface area contributed by atoms with Crippen molar-refractivity contribution in [3.63, 3.8) is 0 Å². The van der Waals surface area contributed by atoms with E-state index in [1.807, 2.05) is 0 Å². The first-order valence-corrected chi connectivity index (χ1v) is 8.89. The van der Waals surface area contributed by atoms with Crippen LogP contribution in [0.15, 0.2) is 53.4 Å². The van der Waals surface area contributed by atoms with Crippen LogP contribution in [0, 0.1) is 5.82 Å². The van der Waals surface area contributed by atoms with E-state index >= 15 is 0 Å². The summed E-state index contributed by atoms with van der Waals surface area (Å²) in [4.78, 5) is 23.7. The zero-order chi connectivity index (χ0) is 19.3. The SMILES string of the molecule is CN(C)S(=O)(=O)c1cccc(C(=O)OCC(=O)Nc2cccc(F)c2)c1. The van der Waals surface area contributed by atoms with Gasteiger partial charge in [-0.15, -0.1) is 0 Å². The number of benzene rings is 2. The lowest BCUT2D eigenvalue weighted by molar-refractivity contribution is -0.119. The van der Waals surface area contributed by atoms with Gasteiger partial charge < -0.3 is 10.1 Å². The van der Waals surface area contributed by atoms with E-state index in [9.17, 15) is 22.4 Å². The Morgan fingerprint density at radius 3 is 2.46 bits per heavy atom. The molecule has 0 aliphatic rings. The van der Waals surface area contributed by atoms with Crippen LogP contribution in [0.2, 0.25) is 0 Å². The van der Waals surface area contributed by atoms with E-state index in [4.69, 9.17) is 4.74 Å². The number of hydrogen-bond acceptors (Lipinski definition) is 5. The molecule has 0 saturated carbocycles. The van der Waals surface area contributed by atoms with Crippen molar-refractivity contribution in [1.29, 1.82) is 0 Å². The van der Waals surface area contributed by atoms with E-state index in [1.165, 1.54) is 56.6 Å². The summed E-state index contributed by atoms with van der Waals surface area (Å²) in [7, 11) is -0.954. The van der Waals surface area contributed by atoms with Gasteiger partial charge in [-0.05, 0) is 36.4 Å². The number of amides is 1. The van der Waals surface area contributed by atoms with Crippen LogP contribution < -0.4 is 5.32 Å². The molecule has 0 heterocycles. The molecule has 0 radical (unpaired) electrons. The maximum absolute atomic E-state index is 13.1. The van der Waals surface area contributed by atoms with Gasteiger partial charge in [-0.2, -0.15) is 0 Å². The fourth-order valence-electron chi connectivity index (χ4n) is 1.97. The third kappa shape index (κ3) is 4.87. The molecule has 0 unspecified atom stereocenters. The largest absolute Gasteiger partial charge is 0.452 e. The normalized spacial score (nSPS) is 11.2. The van der Waals surface area contributed by atoms with Crippen LogP contribution in [0.1, 0.15) is 10.4 Å². The maximum atomic E-state index is 13.1. The first-order chi connectivity index (χ1) is 12.2. The third-order valence-corrected chi connectivity index (χ3v) is 5.10. The Hall–Kier alpha value is -2.78. The number of hydrogen-bond donors (Lipinski definition) is 1. The molecule has 138 valence electrons. The van der Waals surface area contributed by atoms with E-state index in [-0.39, 0.29) is 16.1 Å². The Morgan fingerprint density at radius 1 is 1.12 bits per heavy atom. The summed E-state index contributed by atoms with van der Waals surface area (Å²) in [5.74, 6) is -2.02. The standard InChI is InChI=1S/C17H17FN2O5S/c1-20(2)26(23,24)15-8-3-5-12(9-15)17(22)25-11-16(21)19-14-7-4-6-13(18)10-14/h3-10H,11H2,1-2H3,(H,19,21). The van der Waals surface area contributed by atoms with Crippen molar-refractivity contribution >= 4 is 27.6 Å². The molecule has 0 fully saturated rings. The van der Waals surface area contributed by atoms with Gasteiger partial charge in [0.15, 0.2) is 6.61 Å². The number of carbonyl (C=O) groups is 2. The van der Waals surface area contributed by atoms with Crippen LogP contribution in [0.4, 0.5) is 10.1 Å². The number of sulfonamides is 1. The van der Waals surface area contributed by atoms with Gasteiger partial charge in [0, 0.05) is 19.8 Å². The molecule has 0 saturated heterocycles. The van der Waals surface area contributed by atoms with Crippen LogP contribution in [0.3, 0.4) is 0 Å². The summed E-state index contributed by atoms with van der Waals surface area (Å²) in [6, 6.07) is 10.6. The summed E-state index contributed by atoms with van der Waals surface area (Å²) >= 11 is 0. The van der Waals surface area contributed by atoms with Gasteiger partial charge in [0.2, 0.25) is 10.0 Å². The van der Waals surface area contributed by atoms with Crippen LogP contribution in [-0.2, 0) is 19.6 Å². The van der Waals surface area contributed by atoms with Gasteiger partial charge >= 0.3 is 5.97 Å². The summed E-state index contributed by atoms with van der Waals surface area (Å²) in [6.45, 7) is -0.597. The second-order valence-electron chi connectivity index (χ2n) is 5.45. The highest BCUT2D eigenvalue weighted by Gasteiger charge is 2.19. The minimum atomic E-state index is -3.70. The lowest BCUT2D eigenvalue weighted by Gasteiger charge is -2.12. The fourth-order valence-corrected chi connectivity index (χ4v) is 2.92. The number of carbonyl (C=O) groups excluding carboxylic acids is 2. The molecule has 0 aromatic heterocycles. The molecule has 0 spiro atoms. The van der Waals surface area contributed by atoms with Crippen molar-refractivity contribution in [3.8, 4) is 0 Å². The molecular formula is C17H17FN2O5S. The first kappa shape index (κ1) is 19.5. The zero-order valence-electron chi connectivity index (χ0n) is 14.1.